The van der Waals surface area contributed by atoms with Crippen LogP contribution in [0.25, 0.3) is 32.6 Å². The highest BCUT2D eigenvalue weighted by Crippen LogP contribution is 2.31. The minimum atomic E-state index is 1.04. The molecule has 4 aromatic rings. The molecule has 4 rings (SSSR count). The SMILES string of the molecule is Brc1ccc2c(ccc3c2ccc2[nH]cnc23)c1. The second-order valence-electron chi connectivity index (χ2n) is 4.39. The maximum Gasteiger partial charge on any atom is 0.0961 e. The van der Waals surface area contributed by atoms with Crippen molar-refractivity contribution in [3.05, 3.63) is 53.3 Å². The predicted molar refractivity (Wildman–Crippen MR) is 78.8 cm³/mol. The molecule has 0 aliphatic carbocycles. The fourth-order valence-electron chi connectivity index (χ4n) is 2.52. The van der Waals surface area contributed by atoms with Crippen molar-refractivity contribution < 1.29 is 0 Å². The third-order valence-electron chi connectivity index (χ3n) is 3.36. The van der Waals surface area contributed by atoms with Crippen LogP contribution in [-0.2, 0) is 0 Å². The minimum absolute atomic E-state index is 1.04. The van der Waals surface area contributed by atoms with Crippen molar-refractivity contribution in [1.82, 2.24) is 9.97 Å². The molecule has 0 amide bonds. The average molecular weight is 297 g/mol. The van der Waals surface area contributed by atoms with Crippen LogP contribution in [0.4, 0.5) is 0 Å². The van der Waals surface area contributed by atoms with Gasteiger partial charge in [0.1, 0.15) is 0 Å². The van der Waals surface area contributed by atoms with Crippen molar-refractivity contribution in [3.63, 3.8) is 0 Å². The number of hydrogen-bond donors (Lipinski definition) is 1. The molecule has 0 saturated carbocycles. The summed E-state index contributed by atoms with van der Waals surface area (Å²) in [5, 5.41) is 4.95. The van der Waals surface area contributed by atoms with Gasteiger partial charge in [-0.15, -0.1) is 0 Å². The Bertz CT molecular complexity index is 893. The lowest BCUT2D eigenvalue weighted by Gasteiger charge is -2.05. The number of aromatic nitrogens is 2. The zero-order valence-electron chi connectivity index (χ0n) is 9.44. The Labute approximate surface area is 112 Å². The largest absolute Gasteiger partial charge is 0.345 e. The van der Waals surface area contributed by atoms with E-state index in [1.165, 1.54) is 21.5 Å². The third-order valence-corrected chi connectivity index (χ3v) is 3.86. The number of rotatable bonds is 0. The molecule has 0 unspecified atom stereocenters. The summed E-state index contributed by atoms with van der Waals surface area (Å²) < 4.78 is 1.11. The van der Waals surface area contributed by atoms with Crippen LogP contribution in [-0.4, -0.2) is 9.97 Å². The molecular weight excluding hydrogens is 288 g/mol. The fraction of sp³-hybridized carbons (Fsp3) is 0. The van der Waals surface area contributed by atoms with Crippen LogP contribution in [0.1, 0.15) is 0 Å². The van der Waals surface area contributed by atoms with Gasteiger partial charge in [-0.3, -0.25) is 0 Å². The predicted octanol–water partition coefficient (Wildman–Crippen LogP) is 4.63. The molecule has 1 aromatic heterocycles. The summed E-state index contributed by atoms with van der Waals surface area (Å²) in [7, 11) is 0. The normalized spacial score (nSPS) is 11.6. The smallest absolute Gasteiger partial charge is 0.0961 e. The van der Waals surface area contributed by atoms with Gasteiger partial charge in [0.25, 0.3) is 0 Å². The lowest BCUT2D eigenvalue weighted by Crippen LogP contribution is -1.80. The van der Waals surface area contributed by atoms with Crippen molar-refractivity contribution in [2.45, 2.75) is 0 Å². The summed E-state index contributed by atoms with van der Waals surface area (Å²) in [6.07, 6.45) is 1.75. The molecule has 3 aromatic carbocycles. The number of halogens is 1. The van der Waals surface area contributed by atoms with Gasteiger partial charge in [0, 0.05) is 9.86 Å². The van der Waals surface area contributed by atoms with Gasteiger partial charge in [-0.1, -0.05) is 40.2 Å². The standard InChI is InChI=1S/C15H9BrN2/c16-10-2-4-11-9(7-10)1-3-13-12(11)5-6-14-15(13)18-8-17-14/h1-8H,(H,17,18). The zero-order chi connectivity index (χ0) is 12.1. The van der Waals surface area contributed by atoms with Crippen LogP contribution < -0.4 is 0 Å². The average Bonchev–Trinajstić information content (AvgIpc) is 2.86. The van der Waals surface area contributed by atoms with E-state index in [1.807, 2.05) is 0 Å². The first-order valence-corrected chi connectivity index (χ1v) is 6.56. The Balaban J connectivity index is 2.28. The number of aromatic amines is 1. The zero-order valence-corrected chi connectivity index (χ0v) is 11.0. The van der Waals surface area contributed by atoms with Gasteiger partial charge in [0.2, 0.25) is 0 Å². The number of hydrogen-bond acceptors (Lipinski definition) is 1. The van der Waals surface area contributed by atoms with Gasteiger partial charge in [0.05, 0.1) is 17.4 Å². The summed E-state index contributed by atoms with van der Waals surface area (Å²) >= 11 is 3.51. The molecular formula is C15H9BrN2. The lowest BCUT2D eigenvalue weighted by molar-refractivity contribution is 1.35. The number of fused-ring (bicyclic) bond motifs is 5. The van der Waals surface area contributed by atoms with Gasteiger partial charge < -0.3 is 4.98 Å². The highest BCUT2D eigenvalue weighted by atomic mass is 79.9. The van der Waals surface area contributed by atoms with Gasteiger partial charge in [-0.25, -0.2) is 4.98 Å². The van der Waals surface area contributed by atoms with E-state index in [9.17, 15) is 0 Å². The summed E-state index contributed by atoms with van der Waals surface area (Å²) in [5.74, 6) is 0. The molecule has 86 valence electrons. The molecule has 1 heterocycles. The molecule has 0 radical (unpaired) electrons. The molecule has 0 atom stereocenters. The molecule has 0 saturated heterocycles. The van der Waals surface area contributed by atoms with Crippen molar-refractivity contribution >= 4 is 48.5 Å². The maximum atomic E-state index is 4.41. The van der Waals surface area contributed by atoms with E-state index in [4.69, 9.17) is 0 Å². The topological polar surface area (TPSA) is 28.7 Å². The van der Waals surface area contributed by atoms with Crippen molar-refractivity contribution in [3.8, 4) is 0 Å². The van der Waals surface area contributed by atoms with E-state index in [-0.39, 0.29) is 0 Å². The number of nitrogens with one attached hydrogen (secondary N) is 1. The summed E-state index contributed by atoms with van der Waals surface area (Å²) in [6, 6.07) is 14.9. The van der Waals surface area contributed by atoms with Gasteiger partial charge >= 0.3 is 0 Å². The van der Waals surface area contributed by atoms with Crippen molar-refractivity contribution in [2.75, 3.05) is 0 Å². The van der Waals surface area contributed by atoms with Crippen LogP contribution >= 0.6 is 15.9 Å². The summed E-state index contributed by atoms with van der Waals surface area (Å²) in [6.45, 7) is 0. The van der Waals surface area contributed by atoms with E-state index in [1.54, 1.807) is 6.33 Å². The lowest BCUT2D eigenvalue weighted by atomic mass is 10.0. The maximum absolute atomic E-state index is 4.41. The third kappa shape index (κ3) is 1.31. The van der Waals surface area contributed by atoms with Crippen LogP contribution in [0.2, 0.25) is 0 Å². The number of imidazole rings is 1. The second-order valence-corrected chi connectivity index (χ2v) is 5.31. The van der Waals surface area contributed by atoms with E-state index < -0.39 is 0 Å². The van der Waals surface area contributed by atoms with Gasteiger partial charge in [0.15, 0.2) is 0 Å². The Morgan fingerprint density at radius 1 is 0.889 bits per heavy atom. The monoisotopic (exact) mass is 296 g/mol. The molecule has 1 N–H and O–H groups in total. The number of nitrogens with zero attached hydrogens (tertiary/aromatic N) is 1. The van der Waals surface area contributed by atoms with Crippen LogP contribution in [0, 0.1) is 0 Å². The molecule has 2 nitrogen and oxygen atoms in total. The molecule has 0 bridgehead atoms. The van der Waals surface area contributed by atoms with E-state index >= 15 is 0 Å². The molecule has 0 spiro atoms. The van der Waals surface area contributed by atoms with Crippen molar-refractivity contribution in [1.29, 1.82) is 0 Å². The first kappa shape index (κ1) is 10.1. The first-order chi connectivity index (χ1) is 8.83. The molecule has 3 heteroatoms. The van der Waals surface area contributed by atoms with Gasteiger partial charge in [-0.2, -0.15) is 0 Å². The van der Waals surface area contributed by atoms with E-state index in [0.29, 0.717) is 0 Å². The Morgan fingerprint density at radius 3 is 2.67 bits per heavy atom. The number of benzene rings is 3. The molecule has 0 aliphatic heterocycles. The quantitative estimate of drug-likeness (QED) is 0.471. The highest BCUT2D eigenvalue weighted by Gasteiger charge is 2.06. The van der Waals surface area contributed by atoms with Crippen molar-refractivity contribution in [2.24, 2.45) is 0 Å². The van der Waals surface area contributed by atoms with Crippen LogP contribution in [0.5, 0.6) is 0 Å². The van der Waals surface area contributed by atoms with E-state index in [0.717, 1.165) is 15.5 Å². The fourth-order valence-corrected chi connectivity index (χ4v) is 2.90. The van der Waals surface area contributed by atoms with Crippen LogP contribution in [0.15, 0.2) is 53.3 Å². The Morgan fingerprint density at radius 2 is 1.72 bits per heavy atom. The number of H-pyrrole nitrogens is 1. The Kier molecular flexibility index (Phi) is 2.00. The van der Waals surface area contributed by atoms with Gasteiger partial charge in [-0.05, 0) is 34.4 Å². The second kappa shape index (κ2) is 3.56. The summed E-state index contributed by atoms with van der Waals surface area (Å²) in [4.78, 5) is 7.56. The first-order valence-electron chi connectivity index (χ1n) is 5.77. The van der Waals surface area contributed by atoms with E-state index in [2.05, 4.69) is 68.4 Å². The molecule has 0 aliphatic rings. The Hall–Kier alpha value is -1.87. The highest BCUT2D eigenvalue weighted by molar-refractivity contribution is 9.10. The van der Waals surface area contributed by atoms with Crippen LogP contribution in [0.3, 0.4) is 0 Å². The summed E-state index contributed by atoms with van der Waals surface area (Å²) in [5.41, 5.74) is 2.12. The minimum Gasteiger partial charge on any atom is -0.345 e. The molecule has 0 fully saturated rings. The molecule has 18 heavy (non-hydrogen) atoms.